The molecule has 0 aliphatic rings. The van der Waals surface area contributed by atoms with Crippen molar-refractivity contribution in [3.63, 3.8) is 0 Å². The number of anilines is 2. The van der Waals surface area contributed by atoms with Gasteiger partial charge in [0.1, 0.15) is 18.2 Å². The Bertz CT molecular complexity index is 334. The highest BCUT2D eigenvalue weighted by Crippen LogP contribution is 2.19. The highest BCUT2D eigenvalue weighted by Gasteiger charge is 2.26. The van der Waals surface area contributed by atoms with Gasteiger partial charge in [0.05, 0.1) is 0 Å². The number of nitrogens with zero attached hydrogens (tertiary/aromatic N) is 2. The molecule has 0 unspecified atom stereocenters. The summed E-state index contributed by atoms with van der Waals surface area (Å²) in [5.74, 6) is 5.45. The molecule has 90 valence electrons. The highest BCUT2D eigenvalue weighted by atomic mass is 32.2. The van der Waals surface area contributed by atoms with Gasteiger partial charge in [-0.05, 0) is 6.26 Å². The summed E-state index contributed by atoms with van der Waals surface area (Å²) >= 11 is 1.21. The van der Waals surface area contributed by atoms with Crippen molar-refractivity contribution in [2.75, 3.05) is 23.5 Å². The van der Waals surface area contributed by atoms with Crippen LogP contribution in [0.25, 0.3) is 0 Å². The number of thioether (sulfide) groups is 1. The van der Waals surface area contributed by atoms with E-state index in [1.54, 1.807) is 6.26 Å². The fourth-order valence-corrected chi connectivity index (χ4v) is 1.25. The minimum absolute atomic E-state index is 0.0737. The molecule has 0 radical (unpaired) electrons. The fraction of sp³-hybridized carbons (Fsp3) is 0.429. The third-order valence-electron chi connectivity index (χ3n) is 1.51. The molecule has 9 heteroatoms. The molecular formula is C7H10F3N5S. The first-order chi connectivity index (χ1) is 7.44. The number of hydrogen-bond donors (Lipinski definition) is 3. The zero-order chi connectivity index (χ0) is 12.2. The third kappa shape index (κ3) is 4.11. The van der Waals surface area contributed by atoms with E-state index in [0.29, 0.717) is 5.16 Å². The molecule has 0 spiro atoms. The van der Waals surface area contributed by atoms with E-state index < -0.39 is 12.7 Å². The first kappa shape index (κ1) is 12.8. The third-order valence-corrected chi connectivity index (χ3v) is 2.05. The Labute approximate surface area is 94.0 Å². The van der Waals surface area contributed by atoms with Gasteiger partial charge in [0, 0.05) is 6.07 Å². The quantitative estimate of drug-likeness (QED) is 0.326. The molecule has 1 heterocycles. The van der Waals surface area contributed by atoms with Gasteiger partial charge in [-0.15, -0.1) is 0 Å². The number of nitrogens with one attached hydrogen (secondary N) is 2. The Balaban J connectivity index is 2.79. The van der Waals surface area contributed by atoms with E-state index in [1.807, 2.05) is 0 Å². The van der Waals surface area contributed by atoms with Crippen molar-refractivity contribution in [1.82, 2.24) is 9.97 Å². The fourth-order valence-electron chi connectivity index (χ4n) is 0.872. The SMILES string of the molecule is CSc1nc(NN)cc(NCC(F)(F)F)n1. The average molecular weight is 253 g/mol. The van der Waals surface area contributed by atoms with Gasteiger partial charge in [-0.3, -0.25) is 0 Å². The molecule has 5 nitrogen and oxygen atoms in total. The van der Waals surface area contributed by atoms with Gasteiger partial charge in [-0.1, -0.05) is 11.8 Å². The second kappa shape index (κ2) is 5.21. The molecule has 1 rings (SSSR count). The molecule has 0 bridgehead atoms. The Morgan fingerprint density at radius 1 is 1.38 bits per heavy atom. The van der Waals surface area contributed by atoms with Crippen LogP contribution < -0.4 is 16.6 Å². The number of aromatic nitrogens is 2. The summed E-state index contributed by atoms with van der Waals surface area (Å²) < 4.78 is 35.9. The highest BCUT2D eigenvalue weighted by molar-refractivity contribution is 7.98. The maximum absolute atomic E-state index is 12.0. The summed E-state index contributed by atoms with van der Waals surface area (Å²) in [5, 5.41) is 2.48. The van der Waals surface area contributed by atoms with Crippen LogP contribution in [0, 0.1) is 0 Å². The van der Waals surface area contributed by atoms with Crippen LogP contribution in [-0.2, 0) is 0 Å². The summed E-state index contributed by atoms with van der Waals surface area (Å²) in [6.07, 6.45) is -2.58. The van der Waals surface area contributed by atoms with Gasteiger partial charge in [0.2, 0.25) is 0 Å². The maximum Gasteiger partial charge on any atom is 0.405 e. The largest absolute Gasteiger partial charge is 0.405 e. The Morgan fingerprint density at radius 2 is 2.00 bits per heavy atom. The van der Waals surface area contributed by atoms with Crippen molar-refractivity contribution in [2.45, 2.75) is 11.3 Å². The standard InChI is InChI=1S/C7H10F3N5S/c1-16-6-13-4(2-5(14-6)15-11)12-3-7(8,9)10/h2H,3,11H2,1H3,(H2,12,13,14,15). The summed E-state index contributed by atoms with van der Waals surface area (Å²) in [6, 6.07) is 1.30. The van der Waals surface area contributed by atoms with Crippen molar-refractivity contribution in [1.29, 1.82) is 0 Å². The van der Waals surface area contributed by atoms with Gasteiger partial charge >= 0.3 is 6.18 Å². The topological polar surface area (TPSA) is 75.9 Å². The van der Waals surface area contributed by atoms with E-state index in [4.69, 9.17) is 5.84 Å². The van der Waals surface area contributed by atoms with Crippen molar-refractivity contribution in [2.24, 2.45) is 5.84 Å². The van der Waals surface area contributed by atoms with Crippen molar-refractivity contribution < 1.29 is 13.2 Å². The van der Waals surface area contributed by atoms with E-state index in [9.17, 15) is 13.2 Å². The molecular weight excluding hydrogens is 243 g/mol. The van der Waals surface area contributed by atoms with E-state index in [-0.39, 0.29) is 11.6 Å². The second-order valence-electron chi connectivity index (χ2n) is 2.74. The molecule has 1 aromatic heterocycles. The molecule has 0 saturated carbocycles. The van der Waals surface area contributed by atoms with E-state index >= 15 is 0 Å². The van der Waals surface area contributed by atoms with Gasteiger partial charge < -0.3 is 10.7 Å². The number of halogens is 3. The van der Waals surface area contributed by atoms with Crippen molar-refractivity contribution >= 4 is 23.4 Å². The van der Waals surface area contributed by atoms with Crippen molar-refractivity contribution in [3.05, 3.63) is 6.07 Å². The van der Waals surface area contributed by atoms with Crippen LogP contribution in [0.1, 0.15) is 0 Å². The van der Waals surface area contributed by atoms with Crippen LogP contribution in [-0.4, -0.2) is 28.9 Å². The number of alkyl halides is 3. The molecule has 16 heavy (non-hydrogen) atoms. The van der Waals surface area contributed by atoms with Crippen LogP contribution >= 0.6 is 11.8 Å². The van der Waals surface area contributed by atoms with Gasteiger partial charge in [0.25, 0.3) is 0 Å². The lowest BCUT2D eigenvalue weighted by molar-refractivity contribution is -0.115. The van der Waals surface area contributed by atoms with Gasteiger partial charge in [-0.2, -0.15) is 13.2 Å². The molecule has 0 aliphatic carbocycles. The number of nitrogens with two attached hydrogens (primary N) is 1. The van der Waals surface area contributed by atoms with Gasteiger partial charge in [-0.25, -0.2) is 15.8 Å². The Morgan fingerprint density at radius 3 is 2.50 bits per heavy atom. The molecule has 0 aliphatic heterocycles. The lowest BCUT2D eigenvalue weighted by Crippen LogP contribution is -2.22. The number of hydrogen-bond acceptors (Lipinski definition) is 6. The molecule has 0 saturated heterocycles. The van der Waals surface area contributed by atoms with Crippen LogP contribution in [0.5, 0.6) is 0 Å². The lowest BCUT2D eigenvalue weighted by atomic mass is 10.5. The van der Waals surface area contributed by atoms with Crippen molar-refractivity contribution in [3.8, 4) is 0 Å². The number of rotatable bonds is 4. The first-order valence-electron chi connectivity index (χ1n) is 4.15. The maximum atomic E-state index is 12.0. The lowest BCUT2D eigenvalue weighted by Gasteiger charge is -2.10. The normalized spacial score (nSPS) is 11.3. The predicted molar refractivity (Wildman–Crippen MR) is 56.2 cm³/mol. The molecule has 1 aromatic rings. The van der Waals surface area contributed by atoms with Crippen LogP contribution in [0.4, 0.5) is 24.8 Å². The van der Waals surface area contributed by atoms with Crippen LogP contribution in [0.3, 0.4) is 0 Å². The van der Waals surface area contributed by atoms with E-state index in [1.165, 1.54) is 17.8 Å². The first-order valence-corrected chi connectivity index (χ1v) is 5.37. The minimum Gasteiger partial charge on any atom is -0.361 e. The molecule has 4 N–H and O–H groups in total. The molecule has 0 fully saturated rings. The van der Waals surface area contributed by atoms with Crippen LogP contribution in [0.2, 0.25) is 0 Å². The average Bonchev–Trinajstić information content (AvgIpc) is 2.25. The molecule has 0 aromatic carbocycles. The minimum atomic E-state index is -4.29. The van der Waals surface area contributed by atoms with Crippen LogP contribution in [0.15, 0.2) is 11.2 Å². The zero-order valence-corrected chi connectivity index (χ0v) is 9.11. The van der Waals surface area contributed by atoms with E-state index in [2.05, 4.69) is 20.7 Å². The zero-order valence-electron chi connectivity index (χ0n) is 8.30. The predicted octanol–water partition coefficient (Wildman–Crippen LogP) is 1.46. The summed E-state index contributed by atoms with van der Waals surface area (Å²) in [6.45, 7) is -1.15. The Hall–Kier alpha value is -1.22. The second-order valence-corrected chi connectivity index (χ2v) is 3.51. The van der Waals surface area contributed by atoms with Gasteiger partial charge in [0.15, 0.2) is 5.16 Å². The summed E-state index contributed by atoms with van der Waals surface area (Å²) in [5.41, 5.74) is 2.25. The summed E-state index contributed by atoms with van der Waals surface area (Å²) in [4.78, 5) is 7.76. The molecule has 0 amide bonds. The number of hydrazine groups is 1. The Kier molecular flexibility index (Phi) is 4.19. The number of nitrogen functional groups attached to an aromatic ring is 1. The van der Waals surface area contributed by atoms with E-state index in [0.717, 1.165) is 0 Å². The monoisotopic (exact) mass is 253 g/mol. The molecule has 0 atom stereocenters. The smallest absolute Gasteiger partial charge is 0.361 e. The summed E-state index contributed by atoms with van der Waals surface area (Å²) in [7, 11) is 0.